The molecule has 0 unspecified atom stereocenters. The smallest absolute Gasteiger partial charge is 0.158 e. The van der Waals surface area contributed by atoms with Crippen LogP contribution in [0.4, 0.5) is 0 Å². The molecule has 0 aromatic carbocycles. The average molecular weight is 151 g/mol. The molecule has 0 saturated carbocycles. The minimum Gasteiger partial charge on any atom is -0.506 e. The summed E-state index contributed by atoms with van der Waals surface area (Å²) in [6.07, 6.45) is 0. The summed E-state index contributed by atoms with van der Waals surface area (Å²) in [6, 6.07) is 0. The largest absolute Gasteiger partial charge is 0.506 e. The Morgan fingerprint density at radius 1 is 1.56 bits per heavy atom. The van der Waals surface area contributed by atoms with Crippen LogP contribution in [0.15, 0.2) is 11.3 Å². The molecule has 0 atom stereocenters. The van der Waals surface area contributed by atoms with E-state index in [-0.39, 0.29) is 5.76 Å². The van der Waals surface area contributed by atoms with E-state index >= 15 is 0 Å². The summed E-state index contributed by atoms with van der Waals surface area (Å²) in [6.45, 7) is 0.573. The maximum absolute atomic E-state index is 8.91. The average Bonchev–Trinajstić information content (AvgIpc) is 1.62. The summed E-state index contributed by atoms with van der Waals surface area (Å²) in [5.74, 6) is 0.226. The molecule has 0 rings (SSSR count). The van der Waals surface area contributed by atoms with Crippen LogP contribution in [0.2, 0.25) is 0 Å². The van der Waals surface area contributed by atoms with Crippen LogP contribution in [0, 0.1) is 0 Å². The van der Waals surface area contributed by atoms with E-state index in [9.17, 15) is 0 Å². The molecular formula is C6H13ClNO+. The molecule has 3 heteroatoms. The summed E-state index contributed by atoms with van der Waals surface area (Å²) in [5, 5.41) is 8.91. The van der Waals surface area contributed by atoms with Gasteiger partial charge in [0.15, 0.2) is 5.76 Å². The minimum absolute atomic E-state index is 0.226. The molecule has 1 N–H and O–H groups in total. The second-order valence-corrected chi connectivity index (χ2v) is 3.27. The lowest BCUT2D eigenvalue weighted by atomic mass is 10.5. The highest BCUT2D eigenvalue weighted by Gasteiger charge is 2.08. The second-order valence-electron chi connectivity index (χ2n) is 3.05. The quantitative estimate of drug-likeness (QED) is 0.465. The van der Waals surface area contributed by atoms with Gasteiger partial charge in [-0.3, -0.25) is 0 Å². The fourth-order valence-electron chi connectivity index (χ4n) is 0.520. The maximum atomic E-state index is 8.91. The number of rotatable bonds is 2. The number of likely N-dealkylation sites (N-methyl/N-ethyl adjacent to an activating group) is 1. The molecule has 54 valence electrons. The molecule has 0 heterocycles. The minimum atomic E-state index is 0.226. The van der Waals surface area contributed by atoms with Crippen LogP contribution in [0.1, 0.15) is 0 Å². The number of aliphatic hydroxyl groups is 1. The standard InChI is InChI=1S/C6H12ClNO/c1-8(2,3)5-6(9)4-7/h4H,5H2,1-3H3/p+1. The molecule has 0 aliphatic heterocycles. The molecule has 2 nitrogen and oxygen atoms in total. The lowest BCUT2D eigenvalue weighted by molar-refractivity contribution is -0.866. The highest BCUT2D eigenvalue weighted by Crippen LogP contribution is 1.98. The summed E-state index contributed by atoms with van der Waals surface area (Å²) >= 11 is 5.24. The highest BCUT2D eigenvalue weighted by molar-refractivity contribution is 6.25. The van der Waals surface area contributed by atoms with Crippen LogP contribution in [0.3, 0.4) is 0 Å². The maximum Gasteiger partial charge on any atom is 0.158 e. The fourth-order valence-corrected chi connectivity index (χ4v) is 0.590. The lowest BCUT2D eigenvalue weighted by Crippen LogP contribution is -2.36. The van der Waals surface area contributed by atoms with Gasteiger partial charge < -0.3 is 9.59 Å². The molecule has 0 bridgehead atoms. The predicted octanol–water partition coefficient (Wildman–Crippen LogP) is 1.33. The van der Waals surface area contributed by atoms with E-state index < -0.39 is 0 Å². The lowest BCUT2D eigenvalue weighted by Gasteiger charge is -2.22. The van der Waals surface area contributed by atoms with Crippen molar-refractivity contribution in [3.05, 3.63) is 11.3 Å². The van der Waals surface area contributed by atoms with Gasteiger partial charge in [0.05, 0.1) is 21.1 Å². The first-order valence-electron chi connectivity index (χ1n) is 2.74. The van der Waals surface area contributed by atoms with E-state index in [1.165, 1.54) is 5.54 Å². The molecule has 0 radical (unpaired) electrons. The van der Waals surface area contributed by atoms with E-state index in [2.05, 4.69) is 0 Å². The SMILES string of the molecule is C[N+](C)(C)CC(O)=CCl. The molecule has 0 aromatic rings. The first kappa shape index (κ1) is 8.79. The van der Waals surface area contributed by atoms with Crippen LogP contribution in [0.25, 0.3) is 0 Å². The number of quaternary nitrogens is 1. The molecule has 0 spiro atoms. The van der Waals surface area contributed by atoms with Crippen LogP contribution in [-0.2, 0) is 0 Å². The van der Waals surface area contributed by atoms with Gasteiger partial charge in [-0.15, -0.1) is 0 Å². The Balaban J connectivity index is 3.75. The van der Waals surface area contributed by atoms with Gasteiger partial charge in [0.25, 0.3) is 0 Å². The third-order valence-corrected chi connectivity index (χ3v) is 1.01. The van der Waals surface area contributed by atoms with Gasteiger partial charge in [-0.25, -0.2) is 0 Å². The van der Waals surface area contributed by atoms with Crippen LogP contribution in [-0.4, -0.2) is 37.3 Å². The van der Waals surface area contributed by atoms with Gasteiger partial charge >= 0.3 is 0 Å². The van der Waals surface area contributed by atoms with Crippen molar-refractivity contribution in [2.45, 2.75) is 0 Å². The fraction of sp³-hybridized carbons (Fsp3) is 0.667. The molecule has 0 aliphatic rings. The first-order valence-corrected chi connectivity index (χ1v) is 3.18. The molecule has 9 heavy (non-hydrogen) atoms. The molecule has 0 fully saturated rings. The Labute approximate surface area is 60.9 Å². The van der Waals surface area contributed by atoms with Gasteiger partial charge in [-0.2, -0.15) is 0 Å². The predicted molar refractivity (Wildman–Crippen MR) is 39.5 cm³/mol. The molecule has 0 saturated heterocycles. The van der Waals surface area contributed by atoms with Crippen molar-refractivity contribution >= 4 is 11.6 Å². The highest BCUT2D eigenvalue weighted by atomic mass is 35.5. The van der Waals surface area contributed by atoms with Crippen molar-refractivity contribution in [3.63, 3.8) is 0 Å². The van der Waals surface area contributed by atoms with E-state index in [4.69, 9.17) is 16.7 Å². The zero-order chi connectivity index (χ0) is 7.49. The summed E-state index contributed by atoms with van der Waals surface area (Å²) in [5.41, 5.74) is 1.20. The van der Waals surface area contributed by atoms with Crippen molar-refractivity contribution < 1.29 is 9.59 Å². The van der Waals surface area contributed by atoms with Gasteiger partial charge in [0, 0.05) is 5.54 Å². The second kappa shape index (κ2) is 3.08. The van der Waals surface area contributed by atoms with Crippen molar-refractivity contribution in [2.75, 3.05) is 27.7 Å². The summed E-state index contributed by atoms with van der Waals surface area (Å²) < 4.78 is 0.690. The van der Waals surface area contributed by atoms with Crippen molar-refractivity contribution in [1.29, 1.82) is 0 Å². The Hall–Kier alpha value is -0.210. The summed E-state index contributed by atoms with van der Waals surface area (Å²) in [7, 11) is 5.95. The number of halogens is 1. The van der Waals surface area contributed by atoms with Crippen molar-refractivity contribution in [3.8, 4) is 0 Å². The molecule has 0 aliphatic carbocycles. The summed E-state index contributed by atoms with van der Waals surface area (Å²) in [4.78, 5) is 0. The Kier molecular flexibility index (Phi) is 3.01. The number of hydrogen-bond donors (Lipinski definition) is 1. The number of aliphatic hydroxyl groups excluding tert-OH is 1. The van der Waals surface area contributed by atoms with Gasteiger partial charge in [0.1, 0.15) is 6.54 Å². The van der Waals surface area contributed by atoms with Gasteiger partial charge in [-0.05, 0) is 0 Å². The van der Waals surface area contributed by atoms with Crippen LogP contribution >= 0.6 is 11.6 Å². The molecular weight excluding hydrogens is 138 g/mol. The van der Waals surface area contributed by atoms with Gasteiger partial charge in [0.2, 0.25) is 0 Å². The van der Waals surface area contributed by atoms with E-state index in [1.807, 2.05) is 21.1 Å². The normalized spacial score (nSPS) is 14.0. The molecule has 0 amide bonds. The Morgan fingerprint density at radius 2 is 2.00 bits per heavy atom. The monoisotopic (exact) mass is 150 g/mol. The Bertz CT molecular complexity index is 115. The van der Waals surface area contributed by atoms with Gasteiger partial charge in [-0.1, -0.05) is 11.6 Å². The number of nitrogens with zero attached hydrogens (tertiary/aromatic N) is 1. The van der Waals surface area contributed by atoms with Crippen molar-refractivity contribution in [1.82, 2.24) is 0 Å². The van der Waals surface area contributed by atoms with Crippen LogP contribution in [0.5, 0.6) is 0 Å². The van der Waals surface area contributed by atoms with E-state index in [0.717, 1.165) is 0 Å². The third kappa shape index (κ3) is 5.66. The van der Waals surface area contributed by atoms with Crippen LogP contribution < -0.4 is 0 Å². The number of hydrogen-bond acceptors (Lipinski definition) is 1. The third-order valence-electron chi connectivity index (χ3n) is 0.762. The van der Waals surface area contributed by atoms with E-state index in [1.54, 1.807) is 0 Å². The zero-order valence-corrected chi connectivity index (χ0v) is 6.81. The topological polar surface area (TPSA) is 20.2 Å². The Morgan fingerprint density at radius 3 is 2.11 bits per heavy atom. The first-order chi connectivity index (χ1) is 3.95. The molecule has 0 aromatic heterocycles. The van der Waals surface area contributed by atoms with Crippen molar-refractivity contribution in [2.24, 2.45) is 0 Å². The van der Waals surface area contributed by atoms with E-state index in [0.29, 0.717) is 11.0 Å². The zero-order valence-electron chi connectivity index (χ0n) is 6.06.